The first-order chi connectivity index (χ1) is 14.9. The predicted octanol–water partition coefficient (Wildman–Crippen LogP) is 5.40. The summed E-state index contributed by atoms with van der Waals surface area (Å²) in [6, 6.07) is 17.2. The Hall–Kier alpha value is -3.41. The van der Waals surface area contributed by atoms with Crippen molar-refractivity contribution in [3.05, 3.63) is 65.9 Å². The van der Waals surface area contributed by atoms with Gasteiger partial charge in [-0.25, -0.2) is 9.48 Å². The van der Waals surface area contributed by atoms with Crippen molar-refractivity contribution in [3.63, 3.8) is 0 Å². The molecule has 0 aliphatic rings. The topological polar surface area (TPSA) is 73.2 Å². The van der Waals surface area contributed by atoms with E-state index in [0.717, 1.165) is 35.3 Å². The number of carbonyl (C=O) groups is 2. The highest BCUT2D eigenvalue weighted by atomic mass is 16.5. The van der Waals surface area contributed by atoms with Crippen molar-refractivity contribution in [2.75, 3.05) is 11.9 Å². The highest BCUT2D eigenvalue weighted by Crippen LogP contribution is 2.28. The average Bonchev–Trinajstić information content (AvgIpc) is 3.20. The molecule has 6 nitrogen and oxygen atoms in total. The van der Waals surface area contributed by atoms with Crippen LogP contribution in [0, 0.1) is 12.8 Å². The van der Waals surface area contributed by atoms with E-state index in [-0.39, 0.29) is 24.1 Å². The van der Waals surface area contributed by atoms with Crippen LogP contribution in [0.3, 0.4) is 0 Å². The van der Waals surface area contributed by atoms with Crippen LogP contribution >= 0.6 is 0 Å². The van der Waals surface area contributed by atoms with Crippen LogP contribution < -0.4 is 5.32 Å². The van der Waals surface area contributed by atoms with E-state index in [2.05, 4.69) is 17.3 Å². The fraction of sp³-hybridized carbons (Fsp3) is 0.320. The van der Waals surface area contributed by atoms with E-state index in [1.165, 1.54) is 0 Å². The number of carbonyl (C=O) groups excluding carboxylic acids is 2. The van der Waals surface area contributed by atoms with E-state index in [1.54, 1.807) is 17.7 Å². The third-order valence-electron chi connectivity index (χ3n) is 5.13. The molecule has 162 valence electrons. The van der Waals surface area contributed by atoms with Crippen LogP contribution in [0.2, 0.25) is 0 Å². The molecule has 0 aliphatic carbocycles. The van der Waals surface area contributed by atoms with E-state index in [4.69, 9.17) is 4.74 Å². The summed E-state index contributed by atoms with van der Waals surface area (Å²) >= 11 is 0. The van der Waals surface area contributed by atoms with Gasteiger partial charge in [0, 0.05) is 17.2 Å². The van der Waals surface area contributed by atoms with Crippen molar-refractivity contribution in [2.24, 2.45) is 5.92 Å². The molecule has 31 heavy (non-hydrogen) atoms. The molecule has 3 rings (SSSR count). The van der Waals surface area contributed by atoms with E-state index in [9.17, 15) is 9.59 Å². The summed E-state index contributed by atoms with van der Waals surface area (Å²) in [6.45, 7) is 8.04. The minimum absolute atomic E-state index is 0.00127. The van der Waals surface area contributed by atoms with E-state index < -0.39 is 5.97 Å². The summed E-state index contributed by atoms with van der Waals surface area (Å²) in [6.07, 6.45) is 1.80. The Labute approximate surface area is 183 Å². The molecule has 1 amide bonds. The first kappa shape index (κ1) is 22.3. The van der Waals surface area contributed by atoms with Crippen LogP contribution in [0.1, 0.15) is 49.7 Å². The maximum Gasteiger partial charge on any atom is 0.358 e. The molecule has 0 spiro atoms. The number of esters is 1. The number of amides is 1. The summed E-state index contributed by atoms with van der Waals surface area (Å²) < 4.78 is 6.90. The lowest BCUT2D eigenvalue weighted by Crippen LogP contribution is -2.20. The largest absolute Gasteiger partial charge is 0.461 e. The van der Waals surface area contributed by atoms with Crippen LogP contribution in [0.4, 0.5) is 5.69 Å². The van der Waals surface area contributed by atoms with Gasteiger partial charge < -0.3 is 10.1 Å². The molecular weight excluding hydrogens is 390 g/mol. The molecule has 6 heteroatoms. The first-order valence-corrected chi connectivity index (χ1v) is 10.7. The molecule has 0 bridgehead atoms. The number of hydrogen-bond donors (Lipinski definition) is 1. The van der Waals surface area contributed by atoms with Crippen LogP contribution in [-0.4, -0.2) is 28.3 Å². The van der Waals surface area contributed by atoms with Crippen LogP contribution in [-0.2, 0) is 9.53 Å². The molecule has 3 aromatic rings. The monoisotopic (exact) mass is 419 g/mol. The van der Waals surface area contributed by atoms with Gasteiger partial charge in [-0.15, -0.1) is 0 Å². The van der Waals surface area contributed by atoms with Gasteiger partial charge in [0.05, 0.1) is 18.0 Å². The van der Waals surface area contributed by atoms with Gasteiger partial charge in [0.1, 0.15) is 0 Å². The summed E-state index contributed by atoms with van der Waals surface area (Å²) in [5, 5.41) is 7.53. The van der Waals surface area contributed by atoms with Gasteiger partial charge in [0.25, 0.3) is 0 Å². The molecule has 1 N–H and O–H groups in total. The minimum Gasteiger partial charge on any atom is -0.461 e. The quantitative estimate of drug-likeness (QED) is 0.496. The van der Waals surface area contributed by atoms with E-state index >= 15 is 0 Å². The smallest absolute Gasteiger partial charge is 0.358 e. The Morgan fingerprint density at radius 3 is 2.58 bits per heavy atom. The van der Waals surface area contributed by atoms with Gasteiger partial charge in [0.15, 0.2) is 5.69 Å². The Morgan fingerprint density at radius 1 is 1.10 bits per heavy atom. The standard InChI is InChI=1S/C25H29N3O3/c1-5-10-18(4)24(29)26-20-13-9-12-19(15-20)23-16-21(25(30)31-6-2)27-28(23)22-14-8-7-11-17(22)3/h7-9,11-16,18H,5-6,10H2,1-4H3,(H,26,29)/t18-/m0/s1. The summed E-state index contributed by atoms with van der Waals surface area (Å²) in [5.74, 6) is -0.519. The number of aromatic nitrogens is 2. The second-order valence-electron chi connectivity index (χ2n) is 7.59. The average molecular weight is 420 g/mol. The normalized spacial score (nSPS) is 11.7. The number of nitrogens with zero attached hydrogens (tertiary/aromatic N) is 2. The highest BCUT2D eigenvalue weighted by Gasteiger charge is 2.19. The SMILES string of the molecule is CCC[C@H](C)C(=O)Nc1cccc(-c2cc(C(=O)OCC)nn2-c2ccccc2C)c1. The zero-order chi connectivity index (χ0) is 22.4. The third kappa shape index (κ3) is 5.20. The Morgan fingerprint density at radius 2 is 1.87 bits per heavy atom. The van der Waals surface area contributed by atoms with Crippen LogP contribution in [0.25, 0.3) is 16.9 Å². The summed E-state index contributed by atoms with van der Waals surface area (Å²) in [4.78, 5) is 24.8. The molecule has 0 radical (unpaired) electrons. The summed E-state index contributed by atoms with van der Waals surface area (Å²) in [7, 11) is 0. The number of anilines is 1. The lowest BCUT2D eigenvalue weighted by molar-refractivity contribution is -0.119. The molecule has 0 saturated heterocycles. The predicted molar refractivity (Wildman–Crippen MR) is 122 cm³/mol. The zero-order valence-corrected chi connectivity index (χ0v) is 18.5. The van der Waals surface area contributed by atoms with E-state index in [1.807, 2.05) is 62.4 Å². The Kier molecular flexibility index (Phi) is 7.23. The molecule has 0 aliphatic heterocycles. The van der Waals surface area contributed by atoms with Gasteiger partial charge in [-0.1, -0.05) is 50.6 Å². The lowest BCUT2D eigenvalue weighted by atomic mass is 10.0. The van der Waals surface area contributed by atoms with Gasteiger partial charge >= 0.3 is 5.97 Å². The molecule has 1 aromatic heterocycles. The molecule has 0 saturated carbocycles. The molecule has 1 heterocycles. The Balaban J connectivity index is 2.02. The van der Waals surface area contributed by atoms with Crippen LogP contribution in [0.5, 0.6) is 0 Å². The molecule has 0 unspecified atom stereocenters. The number of para-hydroxylation sites is 1. The Bertz CT molecular complexity index is 1070. The lowest BCUT2D eigenvalue weighted by Gasteiger charge is -2.13. The fourth-order valence-corrected chi connectivity index (χ4v) is 3.46. The zero-order valence-electron chi connectivity index (χ0n) is 18.5. The maximum atomic E-state index is 12.5. The summed E-state index contributed by atoms with van der Waals surface area (Å²) in [5.41, 5.74) is 4.44. The number of hydrogen-bond acceptors (Lipinski definition) is 4. The molecular formula is C25H29N3O3. The van der Waals surface area contributed by atoms with Crippen molar-refractivity contribution < 1.29 is 14.3 Å². The van der Waals surface area contributed by atoms with Crippen molar-refractivity contribution >= 4 is 17.6 Å². The molecule has 1 atom stereocenters. The van der Waals surface area contributed by atoms with Crippen molar-refractivity contribution in [1.82, 2.24) is 9.78 Å². The second-order valence-corrected chi connectivity index (χ2v) is 7.59. The number of ether oxygens (including phenoxy) is 1. The van der Waals surface area contributed by atoms with Gasteiger partial charge in [-0.2, -0.15) is 5.10 Å². The van der Waals surface area contributed by atoms with Crippen molar-refractivity contribution in [1.29, 1.82) is 0 Å². The molecule has 0 fully saturated rings. The number of rotatable bonds is 8. The van der Waals surface area contributed by atoms with Gasteiger partial charge in [-0.05, 0) is 50.1 Å². The van der Waals surface area contributed by atoms with Gasteiger partial charge in [0.2, 0.25) is 5.91 Å². The third-order valence-corrected chi connectivity index (χ3v) is 5.13. The van der Waals surface area contributed by atoms with Gasteiger partial charge in [-0.3, -0.25) is 4.79 Å². The second kappa shape index (κ2) is 10.1. The number of aryl methyl sites for hydroxylation is 1. The number of benzene rings is 2. The maximum absolute atomic E-state index is 12.5. The fourth-order valence-electron chi connectivity index (χ4n) is 3.46. The van der Waals surface area contributed by atoms with E-state index in [0.29, 0.717) is 5.69 Å². The minimum atomic E-state index is -0.464. The van der Waals surface area contributed by atoms with Crippen LogP contribution in [0.15, 0.2) is 54.6 Å². The number of nitrogens with one attached hydrogen (secondary N) is 1. The molecule has 2 aromatic carbocycles. The van der Waals surface area contributed by atoms with Crippen molar-refractivity contribution in [2.45, 2.75) is 40.5 Å². The highest BCUT2D eigenvalue weighted by molar-refractivity contribution is 5.93. The van der Waals surface area contributed by atoms with Crippen molar-refractivity contribution in [3.8, 4) is 16.9 Å². The first-order valence-electron chi connectivity index (χ1n) is 10.7.